The lowest BCUT2D eigenvalue weighted by molar-refractivity contribution is -0.137. The van der Waals surface area contributed by atoms with Crippen molar-refractivity contribution in [3.63, 3.8) is 0 Å². The molecular formula is C25H33F3. The number of benzene rings is 1. The van der Waals surface area contributed by atoms with Crippen LogP contribution in [-0.2, 0) is 6.18 Å². The highest BCUT2D eigenvalue weighted by Gasteiger charge is 2.44. The normalized spacial score (nSPS) is 36.1. The van der Waals surface area contributed by atoms with E-state index in [1.807, 2.05) is 0 Å². The van der Waals surface area contributed by atoms with E-state index in [1.165, 1.54) is 57.1 Å². The second-order valence-corrected chi connectivity index (χ2v) is 9.46. The number of alkyl halides is 3. The average molecular weight is 391 g/mol. The molecule has 0 N–H and O–H groups in total. The monoisotopic (exact) mass is 390 g/mol. The van der Waals surface area contributed by atoms with E-state index in [-0.39, 0.29) is 0 Å². The molecule has 1 aromatic carbocycles. The molecule has 3 fully saturated rings. The van der Waals surface area contributed by atoms with Crippen LogP contribution in [0, 0.1) is 29.6 Å². The fraction of sp³-hybridized carbons (Fsp3) is 0.680. The van der Waals surface area contributed by atoms with Crippen LogP contribution in [0.15, 0.2) is 36.4 Å². The quantitative estimate of drug-likeness (QED) is 0.459. The molecule has 0 nitrogen and oxygen atoms in total. The summed E-state index contributed by atoms with van der Waals surface area (Å²) in [6.45, 7) is 2.21. The summed E-state index contributed by atoms with van der Waals surface area (Å²) in [6.07, 6.45) is 12.1. The highest BCUT2D eigenvalue weighted by molar-refractivity contribution is 5.27. The minimum absolute atomic E-state index is 0.448. The van der Waals surface area contributed by atoms with Crippen LogP contribution in [-0.4, -0.2) is 0 Å². The second-order valence-electron chi connectivity index (χ2n) is 9.46. The van der Waals surface area contributed by atoms with Crippen molar-refractivity contribution >= 4 is 0 Å². The molecule has 0 saturated heterocycles. The standard InChI is InChI=1S/C25H33F3/c1-2-3-4-17-5-13-23-20(15-17)6-7-21-16-19(10-14-24(21)23)18-8-11-22(12-9-18)25(26,27)28/h3-4,8-9,11-12,17,19-21,23-24H,2,5-7,10,13-16H2,1H3/b4-3+. The van der Waals surface area contributed by atoms with Crippen molar-refractivity contribution < 1.29 is 13.2 Å². The van der Waals surface area contributed by atoms with Crippen molar-refractivity contribution in [2.75, 3.05) is 0 Å². The highest BCUT2D eigenvalue weighted by atomic mass is 19.4. The van der Waals surface area contributed by atoms with E-state index in [0.717, 1.165) is 48.0 Å². The predicted octanol–water partition coefficient (Wildman–Crippen LogP) is 8.00. The van der Waals surface area contributed by atoms with Crippen molar-refractivity contribution in [3.05, 3.63) is 47.5 Å². The minimum atomic E-state index is -4.24. The molecule has 3 heteroatoms. The number of hydrogen-bond acceptors (Lipinski definition) is 0. The largest absolute Gasteiger partial charge is 0.416 e. The summed E-state index contributed by atoms with van der Waals surface area (Å²) in [5.41, 5.74) is 0.585. The summed E-state index contributed by atoms with van der Waals surface area (Å²) in [5, 5.41) is 0. The van der Waals surface area contributed by atoms with Crippen LogP contribution >= 0.6 is 0 Å². The molecule has 0 amide bonds. The van der Waals surface area contributed by atoms with E-state index in [1.54, 1.807) is 12.1 Å². The molecule has 4 rings (SSSR count). The first-order chi connectivity index (χ1) is 13.5. The number of rotatable bonds is 3. The average Bonchev–Trinajstić information content (AvgIpc) is 2.71. The van der Waals surface area contributed by atoms with Crippen molar-refractivity contribution in [2.45, 2.75) is 76.8 Å². The fourth-order valence-electron chi connectivity index (χ4n) is 6.58. The zero-order valence-electron chi connectivity index (χ0n) is 16.9. The first-order valence-electron chi connectivity index (χ1n) is 11.3. The maximum Gasteiger partial charge on any atom is 0.416 e. The molecule has 6 unspecified atom stereocenters. The number of allylic oxidation sites excluding steroid dienone is 2. The fourth-order valence-corrected chi connectivity index (χ4v) is 6.58. The molecule has 28 heavy (non-hydrogen) atoms. The Kier molecular flexibility index (Phi) is 5.90. The van der Waals surface area contributed by atoms with Crippen LogP contribution in [0.4, 0.5) is 13.2 Å². The Morgan fingerprint density at radius 3 is 2.14 bits per heavy atom. The third-order valence-electron chi connectivity index (χ3n) is 7.93. The molecule has 0 spiro atoms. The molecule has 0 aliphatic heterocycles. The van der Waals surface area contributed by atoms with Gasteiger partial charge in [0, 0.05) is 0 Å². The Hall–Kier alpha value is -1.25. The zero-order chi connectivity index (χ0) is 19.7. The molecule has 3 aliphatic rings. The van der Waals surface area contributed by atoms with Crippen molar-refractivity contribution in [1.82, 2.24) is 0 Å². The molecule has 6 atom stereocenters. The first kappa shape index (κ1) is 20.0. The molecule has 154 valence electrons. The maximum atomic E-state index is 12.8. The third-order valence-corrected chi connectivity index (χ3v) is 7.93. The van der Waals surface area contributed by atoms with Crippen molar-refractivity contribution in [1.29, 1.82) is 0 Å². The van der Waals surface area contributed by atoms with E-state index in [0.29, 0.717) is 5.92 Å². The van der Waals surface area contributed by atoms with E-state index in [4.69, 9.17) is 0 Å². The number of hydrogen-bond donors (Lipinski definition) is 0. The van der Waals surface area contributed by atoms with Gasteiger partial charge in [-0.3, -0.25) is 0 Å². The van der Waals surface area contributed by atoms with Crippen LogP contribution in [0.25, 0.3) is 0 Å². The van der Waals surface area contributed by atoms with Gasteiger partial charge in [0.2, 0.25) is 0 Å². The van der Waals surface area contributed by atoms with Crippen LogP contribution < -0.4 is 0 Å². The SMILES string of the molecule is CC/C=C/C1CCC2C(CCC3CC(c4ccc(C(F)(F)F)cc4)CCC32)C1. The van der Waals surface area contributed by atoms with Gasteiger partial charge in [-0.25, -0.2) is 0 Å². The van der Waals surface area contributed by atoms with E-state index < -0.39 is 11.7 Å². The Morgan fingerprint density at radius 1 is 0.857 bits per heavy atom. The summed E-state index contributed by atoms with van der Waals surface area (Å²) < 4.78 is 38.5. The van der Waals surface area contributed by atoms with Crippen molar-refractivity contribution in [2.24, 2.45) is 29.6 Å². The van der Waals surface area contributed by atoms with Crippen LogP contribution in [0.1, 0.15) is 81.8 Å². The summed E-state index contributed by atoms with van der Waals surface area (Å²) >= 11 is 0. The molecule has 0 bridgehead atoms. The number of halogens is 3. The molecule has 3 saturated carbocycles. The zero-order valence-corrected chi connectivity index (χ0v) is 16.9. The van der Waals surface area contributed by atoms with Gasteiger partial charge in [-0.1, -0.05) is 31.2 Å². The topological polar surface area (TPSA) is 0 Å². The lowest BCUT2D eigenvalue weighted by Gasteiger charge is -2.50. The van der Waals surface area contributed by atoms with E-state index >= 15 is 0 Å². The van der Waals surface area contributed by atoms with Gasteiger partial charge in [0.05, 0.1) is 5.56 Å². The van der Waals surface area contributed by atoms with Crippen molar-refractivity contribution in [3.8, 4) is 0 Å². The summed E-state index contributed by atoms with van der Waals surface area (Å²) in [7, 11) is 0. The summed E-state index contributed by atoms with van der Waals surface area (Å²) in [5.74, 6) is 4.69. The number of fused-ring (bicyclic) bond motifs is 3. The van der Waals surface area contributed by atoms with E-state index in [9.17, 15) is 13.2 Å². The molecule has 0 aromatic heterocycles. The summed E-state index contributed by atoms with van der Waals surface area (Å²) in [4.78, 5) is 0. The Balaban J connectivity index is 1.38. The van der Waals surface area contributed by atoms with Crippen LogP contribution in [0.2, 0.25) is 0 Å². The van der Waals surface area contributed by atoms with Gasteiger partial charge in [0.1, 0.15) is 0 Å². The second kappa shape index (κ2) is 8.24. The molecule has 3 aliphatic carbocycles. The van der Waals surface area contributed by atoms with Gasteiger partial charge < -0.3 is 0 Å². The van der Waals surface area contributed by atoms with Gasteiger partial charge in [-0.15, -0.1) is 0 Å². The molecule has 0 radical (unpaired) electrons. The third kappa shape index (κ3) is 4.19. The van der Waals surface area contributed by atoms with Crippen LogP contribution in [0.5, 0.6) is 0 Å². The molecular weight excluding hydrogens is 357 g/mol. The lowest BCUT2D eigenvalue weighted by Crippen LogP contribution is -2.41. The van der Waals surface area contributed by atoms with E-state index in [2.05, 4.69) is 19.1 Å². The first-order valence-corrected chi connectivity index (χ1v) is 11.3. The minimum Gasteiger partial charge on any atom is -0.166 e. The predicted molar refractivity (Wildman–Crippen MR) is 108 cm³/mol. The lowest BCUT2D eigenvalue weighted by atomic mass is 9.55. The Morgan fingerprint density at radius 2 is 1.50 bits per heavy atom. The van der Waals surface area contributed by atoms with Crippen LogP contribution in [0.3, 0.4) is 0 Å². The smallest absolute Gasteiger partial charge is 0.166 e. The summed E-state index contributed by atoms with van der Waals surface area (Å²) in [6, 6.07) is 5.99. The van der Waals surface area contributed by atoms with Gasteiger partial charge in [-0.2, -0.15) is 13.2 Å². The Labute approximate surface area is 167 Å². The molecule has 1 aromatic rings. The van der Waals surface area contributed by atoms with Gasteiger partial charge in [0.15, 0.2) is 0 Å². The van der Waals surface area contributed by atoms with Gasteiger partial charge in [0.25, 0.3) is 0 Å². The highest BCUT2D eigenvalue weighted by Crippen LogP contribution is 2.54. The maximum absolute atomic E-state index is 12.8. The molecule has 0 heterocycles. The van der Waals surface area contributed by atoms with Gasteiger partial charge in [-0.05, 0) is 111 Å². The Bertz CT molecular complexity index is 672. The van der Waals surface area contributed by atoms with Gasteiger partial charge >= 0.3 is 6.18 Å².